The van der Waals surface area contributed by atoms with E-state index < -0.39 is 0 Å². The number of rotatable bonds is 4. The molecule has 104 valence electrons. The number of thiophene rings is 1. The van der Waals surface area contributed by atoms with Crippen molar-refractivity contribution in [3.8, 4) is 11.8 Å². The van der Waals surface area contributed by atoms with Crippen molar-refractivity contribution in [1.29, 1.82) is 0 Å². The van der Waals surface area contributed by atoms with Gasteiger partial charge in [0.2, 0.25) is 0 Å². The van der Waals surface area contributed by atoms with Crippen molar-refractivity contribution >= 4 is 17.2 Å². The minimum atomic E-state index is -0.163. The molecule has 1 aromatic rings. The number of aryl methyl sites for hydroxylation is 1. The highest BCUT2D eigenvalue weighted by Crippen LogP contribution is 2.21. The van der Waals surface area contributed by atoms with E-state index in [4.69, 9.17) is 5.11 Å². The average molecular weight is 279 g/mol. The van der Waals surface area contributed by atoms with Crippen LogP contribution in [0.2, 0.25) is 0 Å². The van der Waals surface area contributed by atoms with Crippen LogP contribution < -0.4 is 5.32 Å². The summed E-state index contributed by atoms with van der Waals surface area (Å²) in [6.07, 6.45) is 1.04. The van der Waals surface area contributed by atoms with Crippen LogP contribution >= 0.6 is 11.3 Å². The minimum absolute atomic E-state index is 0.0436. The van der Waals surface area contributed by atoms with Gasteiger partial charge >= 0.3 is 0 Å². The van der Waals surface area contributed by atoms with Crippen LogP contribution in [0.4, 0.5) is 0 Å². The molecule has 2 N–H and O–H groups in total. The van der Waals surface area contributed by atoms with Crippen LogP contribution in [-0.2, 0) is 0 Å². The zero-order valence-electron chi connectivity index (χ0n) is 11.9. The fraction of sp³-hybridized carbons (Fsp3) is 0.533. The Labute approximate surface area is 119 Å². The second-order valence-corrected chi connectivity index (χ2v) is 5.78. The van der Waals surface area contributed by atoms with Crippen LogP contribution in [0.1, 0.15) is 47.3 Å². The molecule has 1 heterocycles. The topological polar surface area (TPSA) is 49.3 Å². The predicted octanol–water partition coefficient (Wildman–Crippen LogP) is 2.56. The fourth-order valence-electron chi connectivity index (χ4n) is 1.61. The molecule has 0 radical (unpaired) electrons. The van der Waals surface area contributed by atoms with E-state index in [1.807, 2.05) is 19.9 Å². The minimum Gasteiger partial charge on any atom is -0.384 e. The van der Waals surface area contributed by atoms with Gasteiger partial charge < -0.3 is 10.4 Å². The summed E-state index contributed by atoms with van der Waals surface area (Å²) >= 11 is 1.37. The summed E-state index contributed by atoms with van der Waals surface area (Å²) in [4.78, 5) is 13.6. The summed E-state index contributed by atoms with van der Waals surface area (Å²) in [5, 5.41) is 11.7. The molecular weight excluding hydrogens is 258 g/mol. The van der Waals surface area contributed by atoms with Crippen LogP contribution in [0, 0.1) is 24.7 Å². The summed E-state index contributed by atoms with van der Waals surface area (Å²) in [5.41, 5.74) is 0.979. The molecule has 0 bridgehead atoms. The first kappa shape index (κ1) is 15.7. The maximum atomic E-state index is 12.1. The summed E-state index contributed by atoms with van der Waals surface area (Å²) in [5.74, 6) is 5.89. The number of nitrogens with one attached hydrogen (secondary N) is 1. The molecule has 1 rings (SSSR count). The third kappa shape index (κ3) is 4.38. The van der Waals surface area contributed by atoms with Crippen LogP contribution in [0.15, 0.2) is 6.07 Å². The van der Waals surface area contributed by atoms with Gasteiger partial charge in [0.1, 0.15) is 6.61 Å². The Hall–Kier alpha value is -1.31. The Morgan fingerprint density at radius 3 is 2.79 bits per heavy atom. The van der Waals surface area contributed by atoms with E-state index in [9.17, 15) is 4.79 Å². The lowest BCUT2D eigenvalue weighted by Gasteiger charge is -2.19. The lowest BCUT2D eigenvalue weighted by Crippen LogP contribution is -2.36. The molecule has 1 amide bonds. The van der Waals surface area contributed by atoms with E-state index in [-0.39, 0.29) is 18.6 Å². The van der Waals surface area contributed by atoms with Gasteiger partial charge in [0.25, 0.3) is 5.91 Å². The quantitative estimate of drug-likeness (QED) is 0.832. The molecule has 4 heteroatoms. The van der Waals surface area contributed by atoms with Crippen molar-refractivity contribution in [1.82, 2.24) is 5.32 Å². The molecule has 1 aromatic heterocycles. The Kier molecular flexibility index (Phi) is 6.07. The van der Waals surface area contributed by atoms with Crippen molar-refractivity contribution in [2.45, 2.75) is 40.2 Å². The first-order valence-corrected chi connectivity index (χ1v) is 7.32. The number of carbonyl (C=O) groups excluding carboxylic acids is 1. The number of amides is 1. The van der Waals surface area contributed by atoms with Crippen molar-refractivity contribution in [3.05, 3.63) is 21.4 Å². The molecule has 2 atom stereocenters. The molecule has 0 aliphatic heterocycles. The molecule has 19 heavy (non-hydrogen) atoms. The third-order valence-electron chi connectivity index (χ3n) is 3.28. The Balaban J connectivity index is 2.78. The Bertz CT molecular complexity index is 496. The monoisotopic (exact) mass is 279 g/mol. The highest BCUT2D eigenvalue weighted by molar-refractivity contribution is 7.14. The second kappa shape index (κ2) is 7.32. The first-order valence-electron chi connectivity index (χ1n) is 6.50. The van der Waals surface area contributed by atoms with E-state index >= 15 is 0 Å². The zero-order valence-corrected chi connectivity index (χ0v) is 12.7. The first-order chi connectivity index (χ1) is 8.99. The van der Waals surface area contributed by atoms with Gasteiger partial charge in [0, 0.05) is 6.04 Å². The lowest BCUT2D eigenvalue weighted by atomic mass is 10.0. The smallest absolute Gasteiger partial charge is 0.261 e. The molecule has 2 unspecified atom stereocenters. The van der Waals surface area contributed by atoms with Gasteiger partial charge in [-0.2, -0.15) is 0 Å². The van der Waals surface area contributed by atoms with Crippen molar-refractivity contribution in [2.75, 3.05) is 6.61 Å². The molecule has 0 aliphatic carbocycles. The lowest BCUT2D eigenvalue weighted by molar-refractivity contribution is 0.0932. The highest BCUT2D eigenvalue weighted by atomic mass is 32.1. The SMILES string of the molecule is CCC(C)C(C)NC(=O)c1cc(C)c(C#CCO)s1. The van der Waals surface area contributed by atoms with E-state index in [1.54, 1.807) is 0 Å². The van der Waals surface area contributed by atoms with E-state index in [1.165, 1.54) is 11.3 Å². The predicted molar refractivity (Wildman–Crippen MR) is 79.4 cm³/mol. The molecule has 0 spiro atoms. The van der Waals surface area contributed by atoms with Crippen LogP contribution in [0.3, 0.4) is 0 Å². The van der Waals surface area contributed by atoms with Crippen molar-refractivity contribution in [2.24, 2.45) is 5.92 Å². The summed E-state index contributed by atoms with van der Waals surface area (Å²) in [7, 11) is 0. The van der Waals surface area contributed by atoms with E-state index in [0.29, 0.717) is 10.8 Å². The second-order valence-electron chi connectivity index (χ2n) is 4.73. The molecule has 0 aromatic carbocycles. The summed E-state index contributed by atoms with van der Waals surface area (Å²) in [6, 6.07) is 2.01. The number of carbonyl (C=O) groups is 1. The van der Waals surface area contributed by atoms with Crippen molar-refractivity contribution in [3.63, 3.8) is 0 Å². The molecule has 3 nitrogen and oxygen atoms in total. The molecule has 0 fully saturated rings. The van der Waals surface area contributed by atoms with Gasteiger partial charge in [0.05, 0.1) is 9.75 Å². The molecule has 0 saturated carbocycles. The molecular formula is C15H21NO2S. The van der Waals surface area contributed by atoms with Gasteiger partial charge in [-0.3, -0.25) is 4.79 Å². The van der Waals surface area contributed by atoms with Gasteiger partial charge in [-0.15, -0.1) is 11.3 Å². The maximum absolute atomic E-state index is 12.1. The average Bonchev–Trinajstić information content (AvgIpc) is 2.76. The standard InChI is InChI=1S/C15H21NO2S/c1-5-10(2)12(4)16-15(18)14-9-11(3)13(19-14)7-6-8-17/h9-10,12,17H,5,8H2,1-4H3,(H,16,18). The number of aliphatic hydroxyl groups excluding tert-OH is 1. The largest absolute Gasteiger partial charge is 0.384 e. The number of aliphatic hydroxyl groups is 1. The summed E-state index contributed by atoms with van der Waals surface area (Å²) < 4.78 is 0. The van der Waals surface area contributed by atoms with Crippen LogP contribution in [0.5, 0.6) is 0 Å². The zero-order chi connectivity index (χ0) is 14.4. The fourth-order valence-corrected chi connectivity index (χ4v) is 2.56. The van der Waals surface area contributed by atoms with E-state index in [0.717, 1.165) is 16.9 Å². The van der Waals surface area contributed by atoms with Gasteiger partial charge in [0.15, 0.2) is 0 Å². The van der Waals surface area contributed by atoms with Crippen molar-refractivity contribution < 1.29 is 9.90 Å². The van der Waals surface area contributed by atoms with E-state index in [2.05, 4.69) is 31.0 Å². The van der Waals surface area contributed by atoms with Gasteiger partial charge in [-0.1, -0.05) is 32.1 Å². The van der Waals surface area contributed by atoms with Gasteiger partial charge in [-0.25, -0.2) is 0 Å². The highest BCUT2D eigenvalue weighted by Gasteiger charge is 2.16. The van der Waals surface area contributed by atoms with Crippen LogP contribution in [0.25, 0.3) is 0 Å². The normalized spacial score (nSPS) is 13.3. The van der Waals surface area contributed by atoms with Gasteiger partial charge in [-0.05, 0) is 31.4 Å². The Morgan fingerprint density at radius 2 is 2.21 bits per heavy atom. The third-order valence-corrected chi connectivity index (χ3v) is 4.43. The maximum Gasteiger partial charge on any atom is 0.261 e. The molecule has 0 saturated heterocycles. The number of hydrogen-bond donors (Lipinski definition) is 2. The van der Waals surface area contributed by atoms with Crippen LogP contribution in [-0.4, -0.2) is 23.7 Å². The Morgan fingerprint density at radius 1 is 1.53 bits per heavy atom. The summed E-state index contributed by atoms with van der Waals surface area (Å²) in [6.45, 7) is 8.03. The molecule has 0 aliphatic rings. The number of hydrogen-bond acceptors (Lipinski definition) is 3.